The van der Waals surface area contributed by atoms with Gasteiger partial charge in [-0.2, -0.15) is 11.8 Å². The van der Waals surface area contributed by atoms with Gasteiger partial charge in [-0.25, -0.2) is 0 Å². The van der Waals surface area contributed by atoms with Crippen molar-refractivity contribution in [1.29, 1.82) is 0 Å². The van der Waals surface area contributed by atoms with Crippen LogP contribution in [0.5, 0.6) is 0 Å². The maximum atomic E-state index is 2.32. The van der Waals surface area contributed by atoms with Crippen molar-refractivity contribution in [2.24, 2.45) is 0 Å². The molecule has 129 valence electrons. The molecule has 0 aliphatic carbocycles. The molecule has 0 atom stereocenters. The first-order valence-electron chi connectivity index (χ1n) is 9.06. The number of allylic oxidation sites excluding steroid dienone is 10. The average molecular weight is 332 g/mol. The highest BCUT2D eigenvalue weighted by atomic mass is 32.2. The van der Waals surface area contributed by atoms with Crippen molar-refractivity contribution in [3.05, 3.63) is 66.5 Å². The van der Waals surface area contributed by atoms with Crippen LogP contribution in [0.4, 0.5) is 0 Å². The molecule has 0 aromatic carbocycles. The van der Waals surface area contributed by atoms with Gasteiger partial charge in [-0.1, -0.05) is 74.6 Å². The zero-order valence-corrected chi connectivity index (χ0v) is 15.9. The third kappa shape index (κ3) is 21.1. The highest BCUT2D eigenvalue weighted by molar-refractivity contribution is 8.01. The highest BCUT2D eigenvalue weighted by Crippen LogP contribution is 2.08. The van der Waals surface area contributed by atoms with Crippen LogP contribution in [0.25, 0.3) is 0 Å². The van der Waals surface area contributed by atoms with Gasteiger partial charge in [0.1, 0.15) is 0 Å². The lowest BCUT2D eigenvalue weighted by atomic mass is 10.2. The van der Waals surface area contributed by atoms with Crippen molar-refractivity contribution in [2.75, 3.05) is 5.75 Å². The lowest BCUT2D eigenvalue weighted by molar-refractivity contribution is 0.822. The van der Waals surface area contributed by atoms with Gasteiger partial charge in [-0.05, 0) is 57.1 Å². The second-order valence-corrected chi connectivity index (χ2v) is 6.52. The van der Waals surface area contributed by atoms with Crippen molar-refractivity contribution >= 4 is 11.8 Å². The molecule has 0 aliphatic rings. The monoisotopic (exact) mass is 331 g/mol. The molecule has 0 aromatic heterocycles. The summed E-state index contributed by atoms with van der Waals surface area (Å²) >= 11 is 1.92. The quantitative estimate of drug-likeness (QED) is 0.218. The summed E-state index contributed by atoms with van der Waals surface area (Å²) in [6.45, 7) is 4.27. The van der Waals surface area contributed by atoms with Gasteiger partial charge in [0.05, 0.1) is 0 Å². The molecule has 0 amide bonds. The van der Waals surface area contributed by atoms with Gasteiger partial charge in [0.2, 0.25) is 0 Å². The van der Waals surface area contributed by atoms with Crippen molar-refractivity contribution in [2.45, 2.75) is 65.2 Å². The molecule has 0 fully saturated rings. The molecule has 1 radical (unpaired) electrons. The van der Waals surface area contributed by atoms with Crippen LogP contribution in [0.15, 0.2) is 60.8 Å². The minimum atomic E-state index is 1.04. The second-order valence-electron chi connectivity index (χ2n) is 5.31. The van der Waals surface area contributed by atoms with Gasteiger partial charge >= 0.3 is 0 Å². The molecule has 0 saturated heterocycles. The maximum Gasteiger partial charge on any atom is 0.0135 e. The summed E-state index contributed by atoms with van der Waals surface area (Å²) in [6, 6.07) is 0. The predicted octanol–water partition coefficient (Wildman–Crippen LogP) is 7.82. The van der Waals surface area contributed by atoms with Gasteiger partial charge in [-0.3, -0.25) is 0 Å². The summed E-state index contributed by atoms with van der Waals surface area (Å²) in [5.74, 6) is 3.44. The fourth-order valence-electron chi connectivity index (χ4n) is 1.93. The van der Waals surface area contributed by atoms with Crippen LogP contribution < -0.4 is 0 Å². The highest BCUT2D eigenvalue weighted by Gasteiger charge is 1.86. The van der Waals surface area contributed by atoms with Crippen LogP contribution in [0, 0.1) is 5.75 Å². The van der Waals surface area contributed by atoms with E-state index in [1.54, 1.807) is 0 Å². The topological polar surface area (TPSA) is 0 Å². The standard InChI is InChI=1S/C22H35S/c1-3-5-6-7-8-9-10-11-12-13-14-15-16-17-18-19-20-21-22-23-4-2/h4-6,8-9,11-12,14-15,17-18H,3,7,10,13,16,19-22H2,1-2H3/b6-5-,9-8-,12-11-,15-14-,18-17-. The van der Waals surface area contributed by atoms with Crippen molar-refractivity contribution in [3.63, 3.8) is 0 Å². The third-order valence-electron chi connectivity index (χ3n) is 3.21. The van der Waals surface area contributed by atoms with E-state index in [1.807, 2.05) is 11.8 Å². The second kappa shape index (κ2) is 21.0. The summed E-state index contributed by atoms with van der Waals surface area (Å²) in [6.07, 6.45) is 31.7. The summed E-state index contributed by atoms with van der Waals surface area (Å²) < 4.78 is 0. The molecule has 0 rings (SSSR count). The zero-order valence-electron chi connectivity index (χ0n) is 15.1. The van der Waals surface area contributed by atoms with Crippen LogP contribution in [0.1, 0.15) is 65.2 Å². The molecule has 0 N–H and O–H groups in total. The van der Waals surface area contributed by atoms with E-state index >= 15 is 0 Å². The van der Waals surface area contributed by atoms with E-state index in [0.717, 1.165) is 32.1 Å². The first kappa shape index (κ1) is 22.1. The lowest BCUT2D eigenvalue weighted by Gasteiger charge is -1.95. The fraction of sp³-hybridized carbons (Fsp3) is 0.500. The Morgan fingerprint density at radius 2 is 1.09 bits per heavy atom. The van der Waals surface area contributed by atoms with Gasteiger partial charge in [-0.15, -0.1) is 0 Å². The lowest BCUT2D eigenvalue weighted by Crippen LogP contribution is -1.77. The molecule has 0 aliphatic heterocycles. The van der Waals surface area contributed by atoms with Crippen molar-refractivity contribution < 1.29 is 0 Å². The molecular formula is C22H35S. The summed E-state index contributed by atoms with van der Waals surface area (Å²) in [7, 11) is 0. The SMILES string of the molecule is C[CH]SCCCC/C=C\C/C=C\C/C=C\C/C=C\C/C=C\CC. The van der Waals surface area contributed by atoms with Crippen LogP contribution in [0.2, 0.25) is 0 Å². The van der Waals surface area contributed by atoms with Gasteiger partial charge in [0, 0.05) is 5.75 Å². The van der Waals surface area contributed by atoms with E-state index < -0.39 is 0 Å². The molecule has 0 heterocycles. The molecule has 0 saturated carbocycles. The molecule has 0 aromatic rings. The Labute approximate surface area is 149 Å². The van der Waals surface area contributed by atoms with E-state index in [0.29, 0.717) is 0 Å². The number of unbranched alkanes of at least 4 members (excludes halogenated alkanes) is 2. The Hall–Kier alpha value is -0.950. The average Bonchev–Trinajstić information content (AvgIpc) is 2.57. The number of hydrogen-bond donors (Lipinski definition) is 0. The molecule has 0 bridgehead atoms. The Morgan fingerprint density at radius 3 is 1.57 bits per heavy atom. The first-order valence-corrected chi connectivity index (χ1v) is 10.1. The van der Waals surface area contributed by atoms with E-state index in [9.17, 15) is 0 Å². The van der Waals surface area contributed by atoms with E-state index in [1.165, 1.54) is 25.0 Å². The van der Waals surface area contributed by atoms with Crippen LogP contribution in [0.3, 0.4) is 0 Å². The predicted molar refractivity (Wildman–Crippen MR) is 111 cm³/mol. The van der Waals surface area contributed by atoms with Gasteiger partial charge in [0.15, 0.2) is 0 Å². The van der Waals surface area contributed by atoms with Crippen molar-refractivity contribution in [1.82, 2.24) is 0 Å². The Morgan fingerprint density at radius 1 is 0.609 bits per heavy atom. The van der Waals surface area contributed by atoms with Gasteiger partial charge in [0.25, 0.3) is 0 Å². The van der Waals surface area contributed by atoms with Gasteiger partial charge < -0.3 is 0 Å². The molecule has 0 unspecified atom stereocenters. The normalized spacial score (nSPS) is 13.0. The Balaban J connectivity index is 3.39. The van der Waals surface area contributed by atoms with Crippen molar-refractivity contribution in [3.8, 4) is 0 Å². The molecule has 1 heteroatoms. The first-order chi connectivity index (χ1) is 11.4. The largest absolute Gasteiger partial charge is 0.158 e. The Kier molecular flexibility index (Phi) is 20.2. The Bertz CT molecular complexity index is 358. The van der Waals surface area contributed by atoms with E-state index in [4.69, 9.17) is 0 Å². The van der Waals surface area contributed by atoms with Crippen LogP contribution in [-0.4, -0.2) is 5.75 Å². The summed E-state index contributed by atoms with van der Waals surface area (Å²) in [5, 5.41) is 0. The summed E-state index contributed by atoms with van der Waals surface area (Å²) in [5.41, 5.74) is 0. The minimum absolute atomic E-state index is 1.04. The molecular weight excluding hydrogens is 296 g/mol. The number of thioether (sulfide) groups is 1. The molecule has 0 nitrogen and oxygen atoms in total. The third-order valence-corrected chi connectivity index (χ3v) is 4.07. The zero-order chi connectivity index (χ0) is 16.8. The van der Waals surface area contributed by atoms with Crippen LogP contribution >= 0.6 is 11.8 Å². The van der Waals surface area contributed by atoms with E-state index in [-0.39, 0.29) is 0 Å². The smallest absolute Gasteiger partial charge is 0.0135 e. The molecule has 0 spiro atoms. The minimum Gasteiger partial charge on any atom is -0.158 e. The maximum absolute atomic E-state index is 2.32. The van der Waals surface area contributed by atoms with Crippen LogP contribution in [-0.2, 0) is 0 Å². The fourth-order valence-corrected chi connectivity index (χ4v) is 2.54. The van der Waals surface area contributed by atoms with E-state index in [2.05, 4.69) is 80.4 Å². The number of hydrogen-bond acceptors (Lipinski definition) is 1. The molecule has 23 heavy (non-hydrogen) atoms. The number of rotatable bonds is 15. The summed E-state index contributed by atoms with van der Waals surface area (Å²) in [4.78, 5) is 0.